The number of halogens is 2. The first-order valence-electron chi connectivity index (χ1n) is 13.3. The van der Waals surface area contributed by atoms with Crippen LogP contribution >= 0.6 is 11.6 Å². The lowest BCUT2D eigenvalue weighted by Gasteiger charge is -2.45. The lowest BCUT2D eigenvalue weighted by Crippen LogP contribution is -2.54. The van der Waals surface area contributed by atoms with E-state index in [0.29, 0.717) is 17.4 Å². The molecule has 0 aromatic heterocycles. The van der Waals surface area contributed by atoms with Crippen LogP contribution in [-0.2, 0) is 10.3 Å². The first-order chi connectivity index (χ1) is 18.5. The molecule has 5 nitrogen and oxygen atoms in total. The molecule has 1 heterocycles. The number of piperidine rings is 1. The van der Waals surface area contributed by atoms with Crippen molar-refractivity contribution in [2.24, 2.45) is 0 Å². The summed E-state index contributed by atoms with van der Waals surface area (Å²) in [4.78, 5) is 19.0. The molecule has 3 aromatic carbocycles. The Morgan fingerprint density at radius 1 is 1.03 bits per heavy atom. The van der Waals surface area contributed by atoms with Crippen LogP contribution in [0.25, 0.3) is 16.0 Å². The zero-order valence-electron chi connectivity index (χ0n) is 21.4. The van der Waals surface area contributed by atoms with Crippen molar-refractivity contribution in [2.45, 2.75) is 50.1 Å². The molecule has 0 spiro atoms. The van der Waals surface area contributed by atoms with Crippen LogP contribution in [0.5, 0.6) is 0 Å². The molecule has 1 saturated carbocycles. The number of benzene rings is 3. The van der Waals surface area contributed by atoms with Gasteiger partial charge in [0.15, 0.2) is 5.69 Å². The Morgan fingerprint density at radius 3 is 2.45 bits per heavy atom. The maximum Gasteiger partial charge on any atom is 0.238 e. The molecule has 0 atom stereocenters. The smallest absolute Gasteiger partial charge is 0.238 e. The molecule has 2 aliphatic rings. The largest absolute Gasteiger partial charge is 0.325 e. The lowest BCUT2D eigenvalue weighted by molar-refractivity contribution is -0.116. The topological polar surface area (TPSA) is 48.7 Å². The summed E-state index contributed by atoms with van der Waals surface area (Å²) in [5, 5.41) is 6.41. The molecular weight excluding hydrogens is 499 g/mol. The van der Waals surface area contributed by atoms with Crippen molar-refractivity contribution in [3.8, 4) is 11.1 Å². The number of likely N-dealkylation sites (tertiary alicyclic amines) is 1. The van der Waals surface area contributed by atoms with Crippen LogP contribution in [0.15, 0.2) is 66.7 Å². The number of rotatable bonds is 7. The zero-order valence-corrected chi connectivity index (χ0v) is 22.1. The van der Waals surface area contributed by atoms with E-state index in [4.69, 9.17) is 18.2 Å². The minimum atomic E-state index is -0.514. The van der Waals surface area contributed by atoms with Crippen LogP contribution in [0.4, 0.5) is 15.8 Å². The summed E-state index contributed by atoms with van der Waals surface area (Å²) < 4.78 is 13.5. The predicted molar refractivity (Wildman–Crippen MR) is 151 cm³/mol. The molecule has 0 unspecified atom stereocenters. The van der Waals surface area contributed by atoms with Gasteiger partial charge in [-0.25, -0.2) is 9.24 Å². The quantitative estimate of drug-likeness (QED) is 0.319. The van der Waals surface area contributed by atoms with E-state index < -0.39 is 5.82 Å². The van der Waals surface area contributed by atoms with Crippen LogP contribution in [-0.4, -0.2) is 36.5 Å². The van der Waals surface area contributed by atoms with Gasteiger partial charge in [0.05, 0.1) is 18.1 Å². The maximum atomic E-state index is 13.5. The van der Waals surface area contributed by atoms with E-state index in [1.807, 2.05) is 24.3 Å². The van der Waals surface area contributed by atoms with Crippen LogP contribution in [0.2, 0.25) is 5.02 Å². The number of amides is 1. The molecule has 5 rings (SSSR count). The third-order valence-corrected chi connectivity index (χ3v) is 8.32. The Kier molecular flexibility index (Phi) is 8.09. The van der Waals surface area contributed by atoms with Gasteiger partial charge in [-0.05, 0) is 66.6 Å². The highest BCUT2D eigenvalue weighted by molar-refractivity contribution is 6.31. The Bertz CT molecular complexity index is 1320. The summed E-state index contributed by atoms with van der Waals surface area (Å²) in [5.41, 5.74) is 4.00. The summed E-state index contributed by atoms with van der Waals surface area (Å²) in [7, 11) is 0. The number of carbonyl (C=O) groups is 1. The van der Waals surface area contributed by atoms with Crippen molar-refractivity contribution in [3.63, 3.8) is 0 Å². The van der Waals surface area contributed by atoms with Gasteiger partial charge in [-0.2, -0.15) is 0 Å². The Morgan fingerprint density at radius 2 is 1.76 bits per heavy atom. The SMILES string of the molecule is [C-]#[N+]c1cccc(-c2ccc(C3(NCC(=O)Nc4ccc(F)c(Cl)c4)CCN(C4CCCC4)CC3)cc2)c1. The second kappa shape index (κ2) is 11.7. The van der Waals surface area contributed by atoms with E-state index in [0.717, 1.165) is 42.6 Å². The first-order valence-corrected chi connectivity index (χ1v) is 13.7. The molecule has 2 N–H and O–H groups in total. The molecule has 196 valence electrons. The highest BCUT2D eigenvalue weighted by Gasteiger charge is 2.38. The van der Waals surface area contributed by atoms with Gasteiger partial charge in [-0.3, -0.25) is 10.1 Å². The molecule has 0 bridgehead atoms. The number of hydrogen-bond acceptors (Lipinski definition) is 3. The van der Waals surface area contributed by atoms with Gasteiger partial charge in [-0.1, -0.05) is 66.9 Å². The van der Waals surface area contributed by atoms with Gasteiger partial charge >= 0.3 is 0 Å². The molecule has 38 heavy (non-hydrogen) atoms. The van der Waals surface area contributed by atoms with Gasteiger partial charge in [0, 0.05) is 30.4 Å². The summed E-state index contributed by atoms with van der Waals surface area (Å²) in [6.07, 6.45) is 7.00. The highest BCUT2D eigenvalue weighted by atomic mass is 35.5. The predicted octanol–water partition coefficient (Wildman–Crippen LogP) is 7.16. The zero-order chi connectivity index (χ0) is 26.5. The fraction of sp³-hybridized carbons (Fsp3) is 0.355. The van der Waals surface area contributed by atoms with E-state index in [9.17, 15) is 9.18 Å². The Balaban J connectivity index is 1.33. The number of nitrogens with zero attached hydrogens (tertiary/aromatic N) is 2. The van der Waals surface area contributed by atoms with Crippen molar-refractivity contribution in [3.05, 3.63) is 94.6 Å². The van der Waals surface area contributed by atoms with E-state index in [2.05, 4.69) is 44.6 Å². The van der Waals surface area contributed by atoms with Crippen molar-refractivity contribution in [2.75, 3.05) is 25.0 Å². The highest BCUT2D eigenvalue weighted by Crippen LogP contribution is 2.37. The van der Waals surface area contributed by atoms with Gasteiger partial charge in [0.25, 0.3) is 0 Å². The monoisotopic (exact) mass is 530 g/mol. The molecule has 7 heteroatoms. The molecule has 1 aliphatic heterocycles. The Hall–Kier alpha value is -3.24. The van der Waals surface area contributed by atoms with Crippen molar-refractivity contribution in [1.29, 1.82) is 0 Å². The van der Waals surface area contributed by atoms with Crippen LogP contribution in [0.3, 0.4) is 0 Å². The second-order valence-corrected chi connectivity index (χ2v) is 10.7. The third-order valence-electron chi connectivity index (χ3n) is 8.03. The standard InChI is InChI=1S/C31H32ClFN4O/c1-34-25-6-4-5-23(19-25)22-9-11-24(12-10-22)31(15-17-37(18-16-31)27-7-2-3-8-27)35-21-30(38)36-26-13-14-29(33)28(32)20-26/h4-6,9-14,19-20,27,35H,2-3,7-8,15-18,21H2,(H,36,38). The van der Waals surface area contributed by atoms with Crippen molar-refractivity contribution >= 4 is 28.9 Å². The lowest BCUT2D eigenvalue weighted by atomic mass is 9.79. The van der Waals surface area contributed by atoms with Gasteiger partial charge in [0.1, 0.15) is 5.82 Å². The molecule has 0 radical (unpaired) electrons. The number of nitrogens with one attached hydrogen (secondary N) is 2. The summed E-state index contributed by atoms with van der Waals surface area (Å²) in [6.45, 7) is 9.41. The molecule has 3 aromatic rings. The van der Waals surface area contributed by atoms with E-state index >= 15 is 0 Å². The molecule has 1 aliphatic carbocycles. The third kappa shape index (κ3) is 5.91. The summed E-state index contributed by atoms with van der Waals surface area (Å²) >= 11 is 5.88. The van der Waals surface area contributed by atoms with Gasteiger partial charge in [0.2, 0.25) is 5.91 Å². The van der Waals surface area contributed by atoms with E-state index in [-0.39, 0.29) is 23.0 Å². The molecule has 2 fully saturated rings. The van der Waals surface area contributed by atoms with Crippen molar-refractivity contribution < 1.29 is 9.18 Å². The minimum Gasteiger partial charge on any atom is -0.325 e. The summed E-state index contributed by atoms with van der Waals surface area (Å²) in [5.74, 6) is -0.710. The molecular formula is C31H32ClFN4O. The van der Waals surface area contributed by atoms with Gasteiger partial charge in [-0.15, -0.1) is 0 Å². The summed E-state index contributed by atoms with van der Waals surface area (Å²) in [6, 6.07) is 21.0. The number of anilines is 1. The van der Waals surface area contributed by atoms with Gasteiger partial charge < -0.3 is 10.2 Å². The average Bonchev–Trinajstić information content (AvgIpc) is 3.50. The fourth-order valence-electron chi connectivity index (χ4n) is 5.87. The van der Waals surface area contributed by atoms with Crippen molar-refractivity contribution in [1.82, 2.24) is 10.2 Å². The van der Waals surface area contributed by atoms with E-state index in [1.165, 1.54) is 43.9 Å². The average molecular weight is 531 g/mol. The van der Waals surface area contributed by atoms with Crippen LogP contribution in [0, 0.1) is 12.4 Å². The van der Waals surface area contributed by atoms with Crippen LogP contribution in [0.1, 0.15) is 44.1 Å². The second-order valence-electron chi connectivity index (χ2n) is 10.3. The number of hydrogen-bond donors (Lipinski definition) is 2. The Labute approximate surface area is 228 Å². The maximum absolute atomic E-state index is 13.5. The fourth-order valence-corrected chi connectivity index (χ4v) is 6.05. The van der Waals surface area contributed by atoms with Crippen LogP contribution < -0.4 is 10.6 Å². The molecule has 1 saturated heterocycles. The minimum absolute atomic E-state index is 0.0199. The normalized spacial score (nSPS) is 17.7. The molecule has 1 amide bonds. The first kappa shape index (κ1) is 26.4. The van der Waals surface area contributed by atoms with E-state index in [1.54, 1.807) is 0 Å². The number of carbonyl (C=O) groups excluding carboxylic acids is 1.